The summed E-state index contributed by atoms with van der Waals surface area (Å²) >= 11 is 0. The zero-order valence-electron chi connectivity index (χ0n) is 22.0. The first kappa shape index (κ1) is 25.9. The van der Waals surface area contributed by atoms with Crippen molar-refractivity contribution in [3.63, 3.8) is 0 Å². The van der Waals surface area contributed by atoms with E-state index in [0.717, 1.165) is 38.0 Å². The summed E-state index contributed by atoms with van der Waals surface area (Å²) in [6.07, 6.45) is 10.6. The molecule has 196 valence electrons. The molecule has 0 radical (unpaired) electrons. The average Bonchev–Trinajstić information content (AvgIpc) is 3.25. The van der Waals surface area contributed by atoms with E-state index >= 15 is 0 Å². The number of nitrogens with zero attached hydrogens (tertiary/aromatic N) is 2. The maximum atomic E-state index is 13.0. The van der Waals surface area contributed by atoms with Crippen molar-refractivity contribution in [1.29, 1.82) is 0 Å². The van der Waals surface area contributed by atoms with Gasteiger partial charge in [0.2, 0.25) is 11.8 Å². The molecule has 2 aromatic carbocycles. The molecule has 2 aromatic rings. The fraction of sp³-hybridized carbons (Fsp3) is 0.344. The molecule has 2 saturated heterocycles. The van der Waals surface area contributed by atoms with Crippen LogP contribution in [0.2, 0.25) is 0 Å². The molecule has 3 aliphatic heterocycles. The number of fused-ring (bicyclic) bond motifs is 1. The molecule has 3 aliphatic rings. The summed E-state index contributed by atoms with van der Waals surface area (Å²) in [5.74, 6) is -0.270. The lowest BCUT2D eigenvalue weighted by Gasteiger charge is -2.32. The number of piperidine rings is 2. The molecule has 3 heterocycles. The Labute approximate surface area is 224 Å². The summed E-state index contributed by atoms with van der Waals surface area (Å²) in [5, 5.41) is 2.37. The molecule has 5 rings (SSSR count). The Morgan fingerprint density at radius 2 is 1.79 bits per heavy atom. The smallest absolute Gasteiger partial charge is 0.255 e. The number of imide groups is 1. The van der Waals surface area contributed by atoms with Crippen LogP contribution in [0.1, 0.15) is 71.1 Å². The van der Waals surface area contributed by atoms with Crippen molar-refractivity contribution < 1.29 is 14.4 Å². The predicted octanol–water partition coefficient (Wildman–Crippen LogP) is 4.97. The Morgan fingerprint density at radius 1 is 1.03 bits per heavy atom. The standard InChI is InChI=1S/C32H35N3O3/c1-3-4-5-6-22(2)24-9-7-23(8-10-24)20-34-17-15-25(16-18-34)26-11-12-28-27(19-26)21-35(32(28)38)29-13-14-30(36)33-31(29)37/h3-12,19,25,29H,1,13-18,20-21H2,2H3,(H,33,36,37)/b5-4-,22-6+. The summed E-state index contributed by atoms with van der Waals surface area (Å²) in [4.78, 5) is 41.0. The van der Waals surface area contributed by atoms with E-state index in [2.05, 4.69) is 66.2 Å². The van der Waals surface area contributed by atoms with E-state index in [0.29, 0.717) is 24.4 Å². The minimum Gasteiger partial charge on any atom is -0.322 e. The van der Waals surface area contributed by atoms with Crippen LogP contribution in [0.5, 0.6) is 0 Å². The first-order valence-electron chi connectivity index (χ1n) is 13.5. The molecule has 1 atom stereocenters. The zero-order chi connectivity index (χ0) is 26.6. The Kier molecular flexibility index (Phi) is 7.70. The van der Waals surface area contributed by atoms with Gasteiger partial charge in [-0.1, -0.05) is 67.3 Å². The van der Waals surface area contributed by atoms with Crippen LogP contribution in [0.25, 0.3) is 5.57 Å². The van der Waals surface area contributed by atoms with Gasteiger partial charge in [0.25, 0.3) is 5.91 Å². The van der Waals surface area contributed by atoms with E-state index in [4.69, 9.17) is 0 Å². The molecule has 1 N–H and O–H groups in total. The van der Waals surface area contributed by atoms with Crippen molar-refractivity contribution in [3.8, 4) is 0 Å². The minimum atomic E-state index is -0.567. The van der Waals surface area contributed by atoms with Gasteiger partial charge in [0.05, 0.1) is 0 Å². The first-order valence-corrected chi connectivity index (χ1v) is 13.5. The fourth-order valence-corrected chi connectivity index (χ4v) is 5.78. The molecule has 3 amide bonds. The summed E-state index contributed by atoms with van der Waals surface area (Å²) in [6.45, 7) is 9.28. The maximum Gasteiger partial charge on any atom is 0.255 e. The van der Waals surface area contributed by atoms with Gasteiger partial charge in [-0.25, -0.2) is 0 Å². The highest BCUT2D eigenvalue weighted by Crippen LogP contribution is 2.34. The minimum absolute atomic E-state index is 0.110. The van der Waals surface area contributed by atoms with Crippen LogP contribution in [0.4, 0.5) is 0 Å². The van der Waals surface area contributed by atoms with E-state index in [9.17, 15) is 14.4 Å². The Bertz CT molecular complexity index is 1300. The van der Waals surface area contributed by atoms with Gasteiger partial charge < -0.3 is 4.90 Å². The number of nitrogens with one attached hydrogen (secondary N) is 1. The van der Waals surface area contributed by atoms with Gasteiger partial charge in [-0.2, -0.15) is 0 Å². The summed E-state index contributed by atoms with van der Waals surface area (Å²) in [5.41, 5.74) is 6.73. The van der Waals surface area contributed by atoms with Gasteiger partial charge in [-0.15, -0.1) is 0 Å². The third kappa shape index (κ3) is 5.55. The summed E-state index contributed by atoms with van der Waals surface area (Å²) < 4.78 is 0. The molecule has 6 nitrogen and oxygen atoms in total. The first-order chi connectivity index (χ1) is 18.4. The maximum absolute atomic E-state index is 13.0. The third-order valence-electron chi connectivity index (χ3n) is 8.02. The number of likely N-dealkylation sites (tertiary alicyclic amines) is 1. The van der Waals surface area contributed by atoms with Crippen LogP contribution in [-0.2, 0) is 22.7 Å². The van der Waals surface area contributed by atoms with Crippen LogP contribution in [-0.4, -0.2) is 46.7 Å². The summed E-state index contributed by atoms with van der Waals surface area (Å²) in [6, 6.07) is 14.4. The highest BCUT2D eigenvalue weighted by atomic mass is 16.2. The van der Waals surface area contributed by atoms with E-state index in [1.807, 2.05) is 18.2 Å². The van der Waals surface area contributed by atoms with E-state index < -0.39 is 6.04 Å². The number of carbonyl (C=O) groups excluding carboxylic acids is 3. The van der Waals surface area contributed by atoms with Crippen LogP contribution in [0.3, 0.4) is 0 Å². The number of rotatable bonds is 7. The monoisotopic (exact) mass is 509 g/mol. The lowest BCUT2D eigenvalue weighted by molar-refractivity contribution is -0.136. The molecule has 0 aromatic heterocycles. The zero-order valence-corrected chi connectivity index (χ0v) is 22.0. The van der Waals surface area contributed by atoms with E-state index in [-0.39, 0.29) is 24.1 Å². The van der Waals surface area contributed by atoms with Crippen molar-refractivity contribution in [3.05, 3.63) is 101 Å². The molecule has 2 fully saturated rings. The van der Waals surface area contributed by atoms with Crippen LogP contribution >= 0.6 is 0 Å². The van der Waals surface area contributed by atoms with E-state index in [1.54, 1.807) is 11.0 Å². The Balaban J connectivity index is 1.16. The van der Waals surface area contributed by atoms with Crippen LogP contribution < -0.4 is 5.32 Å². The van der Waals surface area contributed by atoms with Gasteiger partial charge in [0.15, 0.2) is 0 Å². The molecule has 0 bridgehead atoms. The number of hydrogen-bond acceptors (Lipinski definition) is 4. The molecule has 6 heteroatoms. The molecule has 1 unspecified atom stereocenters. The third-order valence-corrected chi connectivity index (χ3v) is 8.02. The molecule has 0 spiro atoms. The molecule has 0 aliphatic carbocycles. The molecule has 38 heavy (non-hydrogen) atoms. The van der Waals surface area contributed by atoms with Crippen molar-refractivity contribution in [2.45, 2.75) is 57.7 Å². The SMILES string of the molecule is C=C/C=C\C=C(/C)c1ccc(CN2CCC(c3ccc4c(c3)CN(C3CCC(=O)NC3=O)C4=O)CC2)cc1. The van der Waals surface area contributed by atoms with Crippen LogP contribution in [0.15, 0.2) is 73.3 Å². The second-order valence-electron chi connectivity index (χ2n) is 10.5. The predicted molar refractivity (Wildman–Crippen MR) is 149 cm³/mol. The van der Waals surface area contributed by atoms with E-state index in [1.165, 1.54) is 22.3 Å². The number of allylic oxidation sites excluding steroid dienone is 5. The molecular formula is C32H35N3O3. The topological polar surface area (TPSA) is 69.7 Å². The summed E-state index contributed by atoms with van der Waals surface area (Å²) in [7, 11) is 0. The van der Waals surface area contributed by atoms with Crippen LogP contribution in [0, 0.1) is 0 Å². The molecule has 0 saturated carbocycles. The quantitative estimate of drug-likeness (QED) is 0.423. The number of benzene rings is 2. The van der Waals surface area contributed by atoms with Gasteiger partial charge in [0, 0.05) is 25.1 Å². The van der Waals surface area contributed by atoms with Gasteiger partial charge in [0.1, 0.15) is 6.04 Å². The largest absolute Gasteiger partial charge is 0.322 e. The van der Waals surface area contributed by atoms with Crippen molar-refractivity contribution in [2.24, 2.45) is 0 Å². The second-order valence-corrected chi connectivity index (χ2v) is 10.5. The molecular weight excluding hydrogens is 474 g/mol. The van der Waals surface area contributed by atoms with Gasteiger partial charge in [-0.3, -0.25) is 24.6 Å². The Morgan fingerprint density at radius 3 is 2.50 bits per heavy atom. The van der Waals surface area contributed by atoms with Crippen molar-refractivity contribution >= 4 is 23.3 Å². The highest BCUT2D eigenvalue weighted by Gasteiger charge is 2.39. The Hall–Kier alpha value is -3.77. The highest BCUT2D eigenvalue weighted by molar-refractivity contribution is 6.05. The lowest BCUT2D eigenvalue weighted by Crippen LogP contribution is -2.52. The number of carbonyl (C=O) groups is 3. The van der Waals surface area contributed by atoms with Gasteiger partial charge >= 0.3 is 0 Å². The van der Waals surface area contributed by atoms with Gasteiger partial charge in [-0.05, 0) is 79.1 Å². The normalized spacial score (nSPS) is 21.2. The fourth-order valence-electron chi connectivity index (χ4n) is 5.78. The number of hydrogen-bond donors (Lipinski definition) is 1. The lowest BCUT2D eigenvalue weighted by atomic mass is 9.87. The average molecular weight is 510 g/mol. The van der Waals surface area contributed by atoms with Crippen molar-refractivity contribution in [1.82, 2.24) is 15.1 Å². The van der Waals surface area contributed by atoms with Crippen molar-refractivity contribution in [2.75, 3.05) is 13.1 Å². The second kappa shape index (κ2) is 11.3. The number of amides is 3.